The lowest BCUT2D eigenvalue weighted by Gasteiger charge is -2.00. The molecule has 4 nitrogen and oxygen atoms in total. The highest BCUT2D eigenvalue weighted by molar-refractivity contribution is 7.14. The summed E-state index contributed by atoms with van der Waals surface area (Å²) < 4.78 is 5.69. The van der Waals surface area contributed by atoms with Crippen molar-refractivity contribution in [2.24, 2.45) is 0 Å². The van der Waals surface area contributed by atoms with Crippen LogP contribution in [-0.4, -0.2) is 10.9 Å². The second-order valence-electron chi connectivity index (χ2n) is 5.64. The standard InChI is InChI=1S/C19H12Cl2N2O2S/c1-10-11-6-4-8-14(21)17(11)25-16(10)18(24)23-19-22-15(9-26-19)12-5-2-3-7-13(12)20/h2-9H,1H3,(H,22,23,24). The van der Waals surface area contributed by atoms with E-state index in [1.54, 1.807) is 12.1 Å². The van der Waals surface area contributed by atoms with Crippen molar-refractivity contribution in [1.29, 1.82) is 0 Å². The maximum absolute atomic E-state index is 12.6. The van der Waals surface area contributed by atoms with Crippen LogP contribution in [0, 0.1) is 6.92 Å². The number of nitrogens with zero attached hydrogens (tertiary/aromatic N) is 1. The zero-order valence-corrected chi connectivity index (χ0v) is 15.9. The molecule has 7 heteroatoms. The van der Waals surface area contributed by atoms with Crippen LogP contribution in [-0.2, 0) is 0 Å². The number of benzene rings is 2. The van der Waals surface area contributed by atoms with Gasteiger partial charge in [0.2, 0.25) is 0 Å². The minimum atomic E-state index is -0.366. The Bertz CT molecular complexity index is 1130. The molecule has 26 heavy (non-hydrogen) atoms. The van der Waals surface area contributed by atoms with Crippen molar-refractivity contribution in [1.82, 2.24) is 4.98 Å². The first kappa shape index (κ1) is 17.1. The van der Waals surface area contributed by atoms with Gasteiger partial charge in [0.15, 0.2) is 16.5 Å². The first-order valence-corrected chi connectivity index (χ1v) is 9.37. The molecule has 0 aliphatic heterocycles. The van der Waals surface area contributed by atoms with Crippen molar-refractivity contribution in [2.75, 3.05) is 5.32 Å². The quantitative estimate of drug-likeness (QED) is 0.429. The number of rotatable bonds is 3. The fourth-order valence-electron chi connectivity index (χ4n) is 2.70. The Labute approximate surface area is 163 Å². The maximum atomic E-state index is 12.6. The second-order valence-corrected chi connectivity index (χ2v) is 7.32. The Kier molecular flexibility index (Phi) is 4.44. The van der Waals surface area contributed by atoms with E-state index in [0.717, 1.165) is 16.5 Å². The zero-order valence-electron chi connectivity index (χ0n) is 13.5. The molecule has 0 saturated heterocycles. The molecule has 2 aromatic carbocycles. The molecule has 0 bridgehead atoms. The largest absolute Gasteiger partial charge is 0.449 e. The average molecular weight is 403 g/mol. The van der Waals surface area contributed by atoms with Crippen LogP contribution >= 0.6 is 34.5 Å². The number of furan rings is 1. The molecule has 0 saturated carbocycles. The Morgan fingerprint density at radius 3 is 2.65 bits per heavy atom. The monoisotopic (exact) mass is 402 g/mol. The smallest absolute Gasteiger partial charge is 0.293 e. The molecule has 4 rings (SSSR count). The molecular formula is C19H12Cl2N2O2S. The number of amides is 1. The fourth-order valence-corrected chi connectivity index (χ4v) is 3.85. The molecule has 0 unspecified atom stereocenters. The number of fused-ring (bicyclic) bond motifs is 1. The number of halogens is 2. The first-order chi connectivity index (χ1) is 12.5. The van der Waals surface area contributed by atoms with Crippen molar-refractivity contribution in [3.63, 3.8) is 0 Å². The highest BCUT2D eigenvalue weighted by atomic mass is 35.5. The van der Waals surface area contributed by atoms with Gasteiger partial charge >= 0.3 is 0 Å². The molecule has 1 amide bonds. The van der Waals surface area contributed by atoms with E-state index >= 15 is 0 Å². The lowest BCUT2D eigenvalue weighted by atomic mass is 10.1. The summed E-state index contributed by atoms with van der Waals surface area (Å²) in [5.74, 6) is -0.141. The third kappa shape index (κ3) is 2.98. The Morgan fingerprint density at radius 1 is 1.12 bits per heavy atom. The predicted molar refractivity (Wildman–Crippen MR) is 106 cm³/mol. The number of aromatic nitrogens is 1. The van der Waals surface area contributed by atoms with Gasteiger partial charge in [-0.05, 0) is 19.1 Å². The minimum Gasteiger partial charge on any atom is -0.449 e. The van der Waals surface area contributed by atoms with Crippen molar-refractivity contribution in [3.8, 4) is 11.3 Å². The van der Waals surface area contributed by atoms with E-state index < -0.39 is 0 Å². The van der Waals surface area contributed by atoms with E-state index in [1.807, 2.05) is 42.6 Å². The summed E-state index contributed by atoms with van der Waals surface area (Å²) in [6.45, 7) is 1.83. The number of hydrogen-bond donors (Lipinski definition) is 1. The van der Waals surface area contributed by atoms with Gasteiger partial charge in [-0.15, -0.1) is 11.3 Å². The van der Waals surface area contributed by atoms with Crippen LogP contribution in [0.15, 0.2) is 52.3 Å². The lowest BCUT2D eigenvalue weighted by molar-refractivity contribution is 0.0998. The second kappa shape index (κ2) is 6.76. The number of para-hydroxylation sites is 1. The Hall–Kier alpha value is -2.34. The summed E-state index contributed by atoms with van der Waals surface area (Å²) in [4.78, 5) is 17.1. The van der Waals surface area contributed by atoms with E-state index in [9.17, 15) is 4.79 Å². The summed E-state index contributed by atoms with van der Waals surface area (Å²) in [6.07, 6.45) is 0. The van der Waals surface area contributed by atoms with Crippen molar-refractivity contribution >= 4 is 56.5 Å². The van der Waals surface area contributed by atoms with E-state index in [2.05, 4.69) is 10.3 Å². The molecule has 130 valence electrons. The van der Waals surface area contributed by atoms with Crippen LogP contribution in [0.5, 0.6) is 0 Å². The summed E-state index contributed by atoms with van der Waals surface area (Å²) in [7, 11) is 0. The van der Waals surface area contributed by atoms with Gasteiger partial charge in [-0.2, -0.15) is 0 Å². The van der Waals surface area contributed by atoms with Crippen LogP contribution in [0.25, 0.3) is 22.2 Å². The lowest BCUT2D eigenvalue weighted by Crippen LogP contribution is -2.11. The molecule has 2 aromatic heterocycles. The number of hydrogen-bond acceptors (Lipinski definition) is 4. The van der Waals surface area contributed by atoms with Gasteiger partial charge in [-0.3, -0.25) is 10.1 Å². The fraction of sp³-hybridized carbons (Fsp3) is 0.0526. The highest BCUT2D eigenvalue weighted by Crippen LogP contribution is 2.33. The molecule has 1 N–H and O–H groups in total. The zero-order chi connectivity index (χ0) is 18.3. The third-order valence-electron chi connectivity index (χ3n) is 4.00. The minimum absolute atomic E-state index is 0.225. The third-order valence-corrected chi connectivity index (χ3v) is 5.38. The van der Waals surface area contributed by atoms with Crippen LogP contribution in [0.2, 0.25) is 10.0 Å². The van der Waals surface area contributed by atoms with Gasteiger partial charge in [0.1, 0.15) is 0 Å². The van der Waals surface area contributed by atoms with Gasteiger partial charge in [-0.1, -0.05) is 53.5 Å². The summed E-state index contributed by atoms with van der Waals surface area (Å²) in [6, 6.07) is 12.9. The SMILES string of the molecule is Cc1c(C(=O)Nc2nc(-c3ccccc3Cl)cs2)oc2c(Cl)cccc12. The van der Waals surface area contributed by atoms with Gasteiger partial charge in [-0.25, -0.2) is 4.98 Å². The summed E-state index contributed by atoms with van der Waals surface area (Å²) >= 11 is 13.7. The highest BCUT2D eigenvalue weighted by Gasteiger charge is 2.20. The molecule has 0 aliphatic carbocycles. The van der Waals surface area contributed by atoms with Crippen molar-refractivity contribution < 1.29 is 9.21 Å². The maximum Gasteiger partial charge on any atom is 0.293 e. The molecule has 0 atom stereocenters. The summed E-state index contributed by atoms with van der Waals surface area (Å²) in [5, 5.41) is 6.99. The number of nitrogens with one attached hydrogen (secondary N) is 1. The molecule has 0 spiro atoms. The Morgan fingerprint density at radius 2 is 1.88 bits per heavy atom. The summed E-state index contributed by atoms with van der Waals surface area (Å²) in [5.41, 5.74) is 2.77. The van der Waals surface area contributed by atoms with Gasteiger partial charge < -0.3 is 4.42 Å². The normalized spacial score (nSPS) is 11.0. The van der Waals surface area contributed by atoms with Gasteiger partial charge in [0, 0.05) is 26.9 Å². The molecule has 4 aromatic rings. The van der Waals surface area contributed by atoms with E-state index in [-0.39, 0.29) is 11.7 Å². The first-order valence-electron chi connectivity index (χ1n) is 7.74. The topological polar surface area (TPSA) is 55.1 Å². The number of aryl methyl sites for hydroxylation is 1. The van der Waals surface area contributed by atoms with Gasteiger partial charge in [0.05, 0.1) is 10.7 Å². The van der Waals surface area contributed by atoms with Crippen LogP contribution in [0.4, 0.5) is 5.13 Å². The molecule has 2 heterocycles. The van der Waals surface area contributed by atoms with Crippen LogP contribution in [0.3, 0.4) is 0 Å². The molecule has 0 radical (unpaired) electrons. The molecule has 0 fully saturated rings. The predicted octanol–water partition coefficient (Wildman–Crippen LogP) is 6.42. The Balaban J connectivity index is 1.63. The van der Waals surface area contributed by atoms with Crippen molar-refractivity contribution in [3.05, 3.63) is 69.2 Å². The number of anilines is 1. The average Bonchev–Trinajstić information content (AvgIpc) is 3.21. The number of carbonyl (C=O) groups excluding carboxylic acids is 1. The van der Waals surface area contributed by atoms with Crippen molar-refractivity contribution in [2.45, 2.75) is 6.92 Å². The number of thiazole rings is 1. The molecular weight excluding hydrogens is 391 g/mol. The van der Waals surface area contributed by atoms with Crippen LogP contribution in [0.1, 0.15) is 16.1 Å². The van der Waals surface area contributed by atoms with E-state index in [1.165, 1.54) is 11.3 Å². The van der Waals surface area contributed by atoms with E-state index in [0.29, 0.717) is 26.5 Å². The number of carbonyl (C=O) groups is 1. The van der Waals surface area contributed by atoms with Gasteiger partial charge in [0.25, 0.3) is 5.91 Å². The molecule has 0 aliphatic rings. The van der Waals surface area contributed by atoms with Crippen LogP contribution < -0.4 is 5.32 Å². The van der Waals surface area contributed by atoms with E-state index in [4.69, 9.17) is 27.6 Å².